The van der Waals surface area contributed by atoms with Gasteiger partial charge >= 0.3 is 6.03 Å². The second-order valence-electron chi connectivity index (χ2n) is 10.7. The van der Waals surface area contributed by atoms with Gasteiger partial charge in [-0.1, -0.05) is 24.3 Å². The summed E-state index contributed by atoms with van der Waals surface area (Å²) < 4.78 is 5.51. The fourth-order valence-corrected chi connectivity index (χ4v) is 5.97. The second-order valence-corrected chi connectivity index (χ2v) is 10.7. The second kappa shape index (κ2) is 11.3. The molecule has 0 aromatic heterocycles. The number of hydrogen-bond donors (Lipinski definition) is 1. The molecular formula is C30H41N5O2. The number of primary amides is 1. The van der Waals surface area contributed by atoms with E-state index in [-0.39, 0.29) is 6.04 Å². The third-order valence-corrected chi connectivity index (χ3v) is 8.20. The lowest BCUT2D eigenvalue weighted by Crippen LogP contribution is -2.53. The van der Waals surface area contributed by atoms with Crippen molar-refractivity contribution in [3.63, 3.8) is 0 Å². The summed E-state index contributed by atoms with van der Waals surface area (Å²) in [5.41, 5.74) is 12.9. The van der Waals surface area contributed by atoms with Crippen LogP contribution in [0.2, 0.25) is 0 Å². The van der Waals surface area contributed by atoms with Gasteiger partial charge in [0, 0.05) is 64.2 Å². The molecule has 1 aliphatic carbocycles. The average Bonchev–Trinajstić information content (AvgIpc) is 3.16. The van der Waals surface area contributed by atoms with Crippen LogP contribution in [0.4, 0.5) is 16.2 Å². The van der Waals surface area contributed by atoms with Gasteiger partial charge in [0.25, 0.3) is 0 Å². The fourth-order valence-electron chi connectivity index (χ4n) is 5.97. The van der Waals surface area contributed by atoms with E-state index in [0.29, 0.717) is 19.3 Å². The van der Waals surface area contributed by atoms with Crippen LogP contribution in [0.3, 0.4) is 0 Å². The SMILES string of the molecule is CC(C)N1CCCN(c2ccc(C3=CCc4ccc(N(C(N)=O)N(C)C5CCOCC5)cc43)cc2)CC1. The monoisotopic (exact) mass is 503 g/mol. The molecule has 2 N–H and O–H groups in total. The molecule has 2 aromatic carbocycles. The van der Waals surface area contributed by atoms with Gasteiger partial charge < -0.3 is 15.4 Å². The van der Waals surface area contributed by atoms with E-state index < -0.39 is 6.03 Å². The van der Waals surface area contributed by atoms with Crippen LogP contribution in [-0.4, -0.2) is 74.5 Å². The van der Waals surface area contributed by atoms with Crippen molar-refractivity contribution in [2.75, 3.05) is 56.3 Å². The predicted octanol–water partition coefficient (Wildman–Crippen LogP) is 4.51. The molecular weight excluding hydrogens is 462 g/mol. The van der Waals surface area contributed by atoms with E-state index in [9.17, 15) is 4.79 Å². The number of benzene rings is 2. The van der Waals surface area contributed by atoms with Gasteiger partial charge in [0.05, 0.1) is 5.69 Å². The van der Waals surface area contributed by atoms with Crippen LogP contribution in [0.5, 0.6) is 0 Å². The quantitative estimate of drug-likeness (QED) is 0.588. The number of allylic oxidation sites excluding steroid dienone is 1. The first-order valence-electron chi connectivity index (χ1n) is 13.8. The van der Waals surface area contributed by atoms with E-state index >= 15 is 0 Å². The van der Waals surface area contributed by atoms with Crippen molar-refractivity contribution >= 4 is 23.0 Å². The predicted molar refractivity (Wildman–Crippen MR) is 151 cm³/mol. The number of nitrogens with zero attached hydrogens (tertiary/aromatic N) is 4. The van der Waals surface area contributed by atoms with E-state index in [1.54, 1.807) is 5.01 Å². The molecule has 5 rings (SSSR count). The number of carbonyl (C=O) groups is 1. The summed E-state index contributed by atoms with van der Waals surface area (Å²) in [4.78, 5) is 17.6. The number of nitrogens with two attached hydrogens (primary N) is 1. The Hall–Kier alpha value is -2.87. The number of urea groups is 1. The first-order chi connectivity index (χ1) is 17.9. The van der Waals surface area contributed by atoms with Gasteiger partial charge in [0.2, 0.25) is 0 Å². The average molecular weight is 504 g/mol. The van der Waals surface area contributed by atoms with Gasteiger partial charge in [-0.25, -0.2) is 14.8 Å². The van der Waals surface area contributed by atoms with Gasteiger partial charge in [0.1, 0.15) is 0 Å². The van der Waals surface area contributed by atoms with E-state index in [1.165, 1.54) is 40.9 Å². The summed E-state index contributed by atoms with van der Waals surface area (Å²) in [6, 6.07) is 15.6. The largest absolute Gasteiger partial charge is 0.381 e. The molecule has 7 heteroatoms. The highest BCUT2D eigenvalue weighted by Gasteiger charge is 2.28. The maximum Gasteiger partial charge on any atom is 0.334 e. The fraction of sp³-hybridized carbons (Fsp3) is 0.500. The molecule has 0 unspecified atom stereocenters. The number of hydrogen-bond acceptors (Lipinski definition) is 5. The van der Waals surface area contributed by atoms with Crippen molar-refractivity contribution in [3.05, 3.63) is 65.2 Å². The van der Waals surface area contributed by atoms with E-state index in [1.807, 2.05) is 18.1 Å². The minimum absolute atomic E-state index is 0.226. The zero-order valence-corrected chi connectivity index (χ0v) is 22.5. The van der Waals surface area contributed by atoms with Gasteiger partial charge in [-0.2, -0.15) is 0 Å². The van der Waals surface area contributed by atoms with Crippen molar-refractivity contribution in [1.29, 1.82) is 0 Å². The number of ether oxygens (including phenoxy) is 1. The Morgan fingerprint density at radius 1 is 1.03 bits per heavy atom. The first kappa shape index (κ1) is 25.8. The summed E-state index contributed by atoms with van der Waals surface area (Å²) in [5, 5.41) is 3.61. The lowest BCUT2D eigenvalue weighted by atomic mass is 9.98. The summed E-state index contributed by atoms with van der Waals surface area (Å²) in [6.45, 7) is 10.4. The van der Waals surface area contributed by atoms with Crippen LogP contribution < -0.4 is 15.6 Å². The van der Waals surface area contributed by atoms with Crippen molar-refractivity contribution in [2.45, 2.75) is 51.6 Å². The summed E-state index contributed by atoms with van der Waals surface area (Å²) >= 11 is 0. The normalized spacial score (nSPS) is 19.2. The Morgan fingerprint density at radius 2 is 1.78 bits per heavy atom. The smallest absolute Gasteiger partial charge is 0.334 e. The van der Waals surface area contributed by atoms with Gasteiger partial charge in [0.15, 0.2) is 0 Å². The topological polar surface area (TPSA) is 65.3 Å². The van der Waals surface area contributed by atoms with Crippen LogP contribution in [0.25, 0.3) is 5.57 Å². The van der Waals surface area contributed by atoms with Crippen LogP contribution in [-0.2, 0) is 11.2 Å². The number of hydrazine groups is 1. The highest BCUT2D eigenvalue weighted by atomic mass is 16.5. The number of carbonyl (C=O) groups excluding carboxylic acids is 1. The van der Waals surface area contributed by atoms with Crippen LogP contribution in [0.15, 0.2) is 48.5 Å². The Bertz CT molecular complexity index is 1120. The zero-order valence-electron chi connectivity index (χ0n) is 22.5. The lowest BCUT2D eigenvalue weighted by molar-refractivity contribution is 0.0420. The molecule has 2 saturated heterocycles. The van der Waals surface area contributed by atoms with E-state index in [2.05, 4.69) is 66.1 Å². The van der Waals surface area contributed by atoms with Crippen molar-refractivity contribution in [1.82, 2.24) is 9.91 Å². The highest BCUT2D eigenvalue weighted by Crippen LogP contribution is 2.36. The molecule has 0 atom stereocenters. The molecule has 2 aliphatic heterocycles. The molecule has 0 bridgehead atoms. The Kier molecular flexibility index (Phi) is 7.84. The number of rotatable bonds is 6. The standard InChI is InChI=1S/C30H41N5O2/c1-22(2)33-15-4-16-34(18-17-33)26-9-5-23(6-10-26)28-12-8-24-7-11-27(21-29(24)28)35(30(31)36)32(3)25-13-19-37-20-14-25/h5-7,9-12,21-22,25H,4,8,13-20H2,1-3H3,(H2,31,36). The molecule has 0 radical (unpaired) electrons. The molecule has 2 aromatic rings. The van der Waals surface area contributed by atoms with Crippen molar-refractivity contribution in [3.8, 4) is 0 Å². The van der Waals surface area contributed by atoms with Crippen LogP contribution in [0.1, 0.15) is 49.8 Å². The minimum Gasteiger partial charge on any atom is -0.381 e. The number of amides is 2. The Labute approximate surface area is 221 Å². The van der Waals surface area contributed by atoms with Crippen molar-refractivity contribution < 1.29 is 9.53 Å². The zero-order chi connectivity index (χ0) is 25.9. The highest BCUT2D eigenvalue weighted by molar-refractivity contribution is 5.92. The molecule has 2 heterocycles. The van der Waals surface area contributed by atoms with Crippen LogP contribution in [0, 0.1) is 0 Å². The van der Waals surface area contributed by atoms with E-state index in [4.69, 9.17) is 10.5 Å². The van der Waals surface area contributed by atoms with E-state index in [0.717, 1.165) is 44.6 Å². The first-order valence-corrected chi connectivity index (χ1v) is 13.8. The number of anilines is 2. The Balaban J connectivity index is 1.34. The molecule has 7 nitrogen and oxygen atoms in total. The third kappa shape index (κ3) is 5.54. The Morgan fingerprint density at radius 3 is 2.49 bits per heavy atom. The van der Waals surface area contributed by atoms with Gasteiger partial charge in [-0.15, -0.1) is 0 Å². The molecule has 3 aliphatic rings. The molecule has 0 spiro atoms. The minimum atomic E-state index is -0.463. The molecule has 2 fully saturated rings. The summed E-state index contributed by atoms with van der Waals surface area (Å²) in [7, 11) is 1.95. The molecule has 198 valence electrons. The third-order valence-electron chi connectivity index (χ3n) is 8.20. The summed E-state index contributed by atoms with van der Waals surface area (Å²) in [5.74, 6) is 0. The van der Waals surface area contributed by atoms with Gasteiger partial charge in [-0.3, -0.25) is 4.90 Å². The maximum atomic E-state index is 12.6. The van der Waals surface area contributed by atoms with Crippen LogP contribution >= 0.6 is 0 Å². The summed E-state index contributed by atoms with van der Waals surface area (Å²) in [6.07, 6.45) is 6.16. The molecule has 37 heavy (non-hydrogen) atoms. The van der Waals surface area contributed by atoms with Crippen molar-refractivity contribution in [2.24, 2.45) is 5.73 Å². The maximum absolute atomic E-state index is 12.6. The lowest BCUT2D eigenvalue weighted by Gasteiger charge is -2.38. The number of fused-ring (bicyclic) bond motifs is 1. The van der Waals surface area contributed by atoms with Gasteiger partial charge in [-0.05, 0) is 86.1 Å². The molecule has 0 saturated carbocycles. The molecule has 2 amide bonds.